The summed E-state index contributed by atoms with van der Waals surface area (Å²) in [7, 11) is 0. The third kappa shape index (κ3) is 2.22. The molecule has 2 aromatic heterocycles. The third-order valence-corrected chi connectivity index (χ3v) is 4.76. The van der Waals surface area contributed by atoms with Crippen molar-refractivity contribution in [3.63, 3.8) is 0 Å². The molecule has 0 aromatic carbocycles. The molecule has 2 aromatic rings. The SMILES string of the molecule is O=C(O)C=Cc1c(N2CC3CCC(C2)O3)nc2sccn12. The molecule has 2 atom stereocenters. The lowest BCUT2D eigenvalue weighted by Gasteiger charge is -2.32. The fourth-order valence-corrected chi connectivity index (χ4v) is 3.83. The van der Waals surface area contributed by atoms with Gasteiger partial charge in [-0.2, -0.15) is 0 Å². The van der Waals surface area contributed by atoms with Gasteiger partial charge < -0.3 is 14.7 Å². The Hall–Kier alpha value is -1.86. The monoisotopic (exact) mass is 305 g/mol. The summed E-state index contributed by atoms with van der Waals surface area (Å²) < 4.78 is 7.80. The van der Waals surface area contributed by atoms with E-state index in [0.29, 0.717) is 0 Å². The van der Waals surface area contributed by atoms with Crippen LogP contribution in [0.1, 0.15) is 18.5 Å². The Kier molecular flexibility index (Phi) is 2.97. The van der Waals surface area contributed by atoms with Crippen LogP contribution < -0.4 is 4.90 Å². The zero-order chi connectivity index (χ0) is 14.4. The van der Waals surface area contributed by atoms with E-state index in [0.717, 1.165) is 42.4 Å². The van der Waals surface area contributed by atoms with Crippen LogP contribution in [0.5, 0.6) is 0 Å². The van der Waals surface area contributed by atoms with Crippen LogP contribution in [0.4, 0.5) is 5.82 Å². The van der Waals surface area contributed by atoms with E-state index < -0.39 is 5.97 Å². The van der Waals surface area contributed by atoms with Gasteiger partial charge in [0, 0.05) is 30.7 Å². The van der Waals surface area contributed by atoms with Crippen molar-refractivity contribution < 1.29 is 14.6 Å². The van der Waals surface area contributed by atoms with Crippen molar-refractivity contribution in [2.75, 3.05) is 18.0 Å². The molecule has 110 valence electrons. The lowest BCUT2D eigenvalue weighted by atomic mass is 10.2. The molecule has 0 saturated carbocycles. The standard InChI is InChI=1S/C14H15N3O3S/c18-12(19)4-3-11-13(15-14-17(11)5-6-21-14)16-7-9-1-2-10(8-16)20-9/h3-6,9-10H,1-2,7-8H2,(H,18,19). The second-order valence-electron chi connectivity index (χ2n) is 5.41. The largest absolute Gasteiger partial charge is 0.478 e. The molecule has 4 rings (SSSR count). The molecule has 6 nitrogen and oxygen atoms in total. The zero-order valence-corrected chi connectivity index (χ0v) is 12.1. The van der Waals surface area contributed by atoms with E-state index in [1.165, 1.54) is 6.08 Å². The number of aliphatic carboxylic acids is 1. The van der Waals surface area contributed by atoms with Gasteiger partial charge in [0.15, 0.2) is 10.8 Å². The summed E-state index contributed by atoms with van der Waals surface area (Å²) >= 11 is 1.55. The van der Waals surface area contributed by atoms with Gasteiger partial charge in [-0.25, -0.2) is 9.78 Å². The molecule has 2 unspecified atom stereocenters. The van der Waals surface area contributed by atoms with Crippen LogP contribution in [0.15, 0.2) is 17.7 Å². The molecule has 2 aliphatic rings. The van der Waals surface area contributed by atoms with Crippen molar-refractivity contribution in [1.29, 1.82) is 0 Å². The Morgan fingerprint density at radius 2 is 2.19 bits per heavy atom. The predicted molar refractivity (Wildman–Crippen MR) is 79.8 cm³/mol. The van der Waals surface area contributed by atoms with Gasteiger partial charge in [-0.1, -0.05) is 0 Å². The summed E-state index contributed by atoms with van der Waals surface area (Å²) in [5.74, 6) is -0.0901. The van der Waals surface area contributed by atoms with Crippen molar-refractivity contribution in [1.82, 2.24) is 9.38 Å². The minimum absolute atomic E-state index is 0.278. The van der Waals surface area contributed by atoms with Gasteiger partial charge in [-0.3, -0.25) is 4.40 Å². The molecule has 0 spiro atoms. The van der Waals surface area contributed by atoms with Gasteiger partial charge in [0.05, 0.1) is 17.9 Å². The van der Waals surface area contributed by atoms with Crippen LogP contribution in [0.25, 0.3) is 11.0 Å². The highest BCUT2D eigenvalue weighted by Crippen LogP contribution is 2.32. The van der Waals surface area contributed by atoms with Crippen LogP contribution in [-0.2, 0) is 9.53 Å². The highest BCUT2D eigenvalue weighted by molar-refractivity contribution is 7.15. The summed E-state index contributed by atoms with van der Waals surface area (Å²) in [6, 6.07) is 0. The summed E-state index contributed by atoms with van der Waals surface area (Å²) in [4.78, 5) is 18.6. The van der Waals surface area contributed by atoms with Crippen LogP contribution in [0, 0.1) is 0 Å². The van der Waals surface area contributed by atoms with Crippen molar-refractivity contribution in [3.05, 3.63) is 23.3 Å². The molecule has 7 heteroatoms. The number of aromatic nitrogens is 2. The van der Waals surface area contributed by atoms with Gasteiger partial charge in [0.2, 0.25) is 0 Å². The Bertz CT molecular complexity index is 708. The molecule has 2 aliphatic heterocycles. The van der Waals surface area contributed by atoms with Crippen LogP contribution in [0.3, 0.4) is 0 Å². The number of rotatable bonds is 3. The Labute approximate surface area is 125 Å². The molecule has 4 heterocycles. The van der Waals surface area contributed by atoms with E-state index in [4.69, 9.17) is 9.84 Å². The summed E-state index contributed by atoms with van der Waals surface area (Å²) in [5, 5.41) is 10.8. The number of ether oxygens (including phenoxy) is 1. The maximum atomic E-state index is 10.8. The number of nitrogens with zero attached hydrogens (tertiary/aromatic N) is 3. The first-order valence-electron chi connectivity index (χ1n) is 6.97. The maximum absolute atomic E-state index is 10.8. The first-order valence-corrected chi connectivity index (χ1v) is 7.85. The summed E-state index contributed by atoms with van der Waals surface area (Å²) in [6.45, 7) is 1.66. The number of hydrogen-bond acceptors (Lipinski definition) is 5. The lowest BCUT2D eigenvalue weighted by Crippen LogP contribution is -2.43. The average Bonchev–Trinajstić information content (AvgIpc) is 3.11. The van der Waals surface area contributed by atoms with Gasteiger partial charge >= 0.3 is 5.97 Å². The number of carbonyl (C=O) groups is 1. The zero-order valence-electron chi connectivity index (χ0n) is 11.3. The normalized spacial score (nSPS) is 25.2. The number of imidazole rings is 1. The minimum Gasteiger partial charge on any atom is -0.478 e. The second kappa shape index (κ2) is 4.85. The average molecular weight is 305 g/mol. The maximum Gasteiger partial charge on any atom is 0.328 e. The predicted octanol–water partition coefficient (Wildman–Crippen LogP) is 1.86. The number of thiazole rings is 1. The molecule has 1 N–H and O–H groups in total. The number of anilines is 1. The van der Waals surface area contributed by atoms with Gasteiger partial charge in [-0.15, -0.1) is 11.3 Å². The van der Waals surface area contributed by atoms with Crippen molar-refractivity contribution >= 4 is 34.2 Å². The van der Waals surface area contributed by atoms with Gasteiger partial charge in [-0.05, 0) is 18.9 Å². The van der Waals surface area contributed by atoms with Crippen molar-refractivity contribution in [2.45, 2.75) is 25.0 Å². The van der Waals surface area contributed by atoms with Crippen LogP contribution in [0.2, 0.25) is 0 Å². The van der Waals surface area contributed by atoms with Crippen LogP contribution in [-0.4, -0.2) is 45.8 Å². The second-order valence-corrected chi connectivity index (χ2v) is 6.28. The quantitative estimate of drug-likeness (QED) is 0.877. The molecular weight excluding hydrogens is 290 g/mol. The number of carboxylic acid groups (broad SMARTS) is 1. The lowest BCUT2D eigenvalue weighted by molar-refractivity contribution is -0.131. The Morgan fingerprint density at radius 1 is 1.43 bits per heavy atom. The highest BCUT2D eigenvalue weighted by atomic mass is 32.1. The minimum atomic E-state index is -0.951. The van der Waals surface area contributed by atoms with Crippen molar-refractivity contribution in [3.8, 4) is 0 Å². The van der Waals surface area contributed by atoms with E-state index in [1.54, 1.807) is 17.4 Å². The molecule has 2 fully saturated rings. The third-order valence-electron chi connectivity index (χ3n) is 4.01. The number of hydrogen-bond donors (Lipinski definition) is 1. The molecular formula is C14H15N3O3S. The molecule has 0 radical (unpaired) electrons. The molecule has 0 aliphatic carbocycles. The number of morpholine rings is 1. The van der Waals surface area contributed by atoms with Crippen molar-refractivity contribution in [2.24, 2.45) is 0 Å². The van der Waals surface area contributed by atoms with Gasteiger partial charge in [0.25, 0.3) is 0 Å². The molecule has 0 amide bonds. The topological polar surface area (TPSA) is 67.1 Å². The Balaban J connectivity index is 1.75. The van der Waals surface area contributed by atoms with E-state index >= 15 is 0 Å². The first-order chi connectivity index (χ1) is 10.2. The number of fused-ring (bicyclic) bond motifs is 3. The van der Waals surface area contributed by atoms with Gasteiger partial charge in [0.1, 0.15) is 0 Å². The highest BCUT2D eigenvalue weighted by Gasteiger charge is 2.35. The molecule has 21 heavy (non-hydrogen) atoms. The summed E-state index contributed by atoms with van der Waals surface area (Å²) in [5.41, 5.74) is 0.829. The fraction of sp³-hybridized carbons (Fsp3) is 0.429. The van der Waals surface area contributed by atoms with E-state index in [1.807, 2.05) is 16.0 Å². The van der Waals surface area contributed by atoms with E-state index in [-0.39, 0.29) is 12.2 Å². The number of carboxylic acids is 1. The summed E-state index contributed by atoms with van der Waals surface area (Å²) in [6.07, 6.45) is 7.47. The first kappa shape index (κ1) is 12.8. The molecule has 2 saturated heterocycles. The Morgan fingerprint density at radius 3 is 2.90 bits per heavy atom. The van der Waals surface area contributed by atoms with Crippen LogP contribution >= 0.6 is 11.3 Å². The fourth-order valence-electron chi connectivity index (χ4n) is 3.12. The van der Waals surface area contributed by atoms with E-state index in [2.05, 4.69) is 9.88 Å². The molecule has 2 bridgehead atoms. The van der Waals surface area contributed by atoms with E-state index in [9.17, 15) is 4.79 Å². The smallest absolute Gasteiger partial charge is 0.328 e.